The Bertz CT molecular complexity index is 966. The van der Waals surface area contributed by atoms with E-state index in [1.54, 1.807) is 6.20 Å². The second kappa shape index (κ2) is 10.3. The van der Waals surface area contributed by atoms with Crippen molar-refractivity contribution < 1.29 is 19.8 Å². The van der Waals surface area contributed by atoms with Crippen LogP contribution >= 0.6 is 0 Å². The summed E-state index contributed by atoms with van der Waals surface area (Å²) in [5.41, 5.74) is 1.45. The second-order valence-corrected chi connectivity index (χ2v) is 13.6. The molecule has 206 valence electrons. The monoisotopic (exact) mass is 513 g/mol. The lowest BCUT2D eigenvalue weighted by Gasteiger charge is -2.61. The van der Waals surface area contributed by atoms with Crippen molar-refractivity contribution in [3.63, 3.8) is 0 Å². The van der Waals surface area contributed by atoms with Gasteiger partial charge in [0.25, 0.3) is 0 Å². The van der Waals surface area contributed by atoms with Crippen LogP contribution in [0.1, 0.15) is 97.1 Å². The van der Waals surface area contributed by atoms with E-state index in [1.807, 2.05) is 0 Å². The van der Waals surface area contributed by atoms with E-state index in [0.717, 1.165) is 37.0 Å². The van der Waals surface area contributed by atoms with Gasteiger partial charge in [-0.25, -0.2) is 9.78 Å². The molecule has 1 amide bonds. The number of carboxylic acids is 1. The van der Waals surface area contributed by atoms with Crippen molar-refractivity contribution in [2.45, 2.75) is 110 Å². The summed E-state index contributed by atoms with van der Waals surface area (Å²) in [7, 11) is 0. The minimum absolute atomic E-state index is 0.0892. The van der Waals surface area contributed by atoms with Crippen LogP contribution < -0.4 is 5.32 Å². The number of imidazole rings is 1. The van der Waals surface area contributed by atoms with Gasteiger partial charge < -0.3 is 20.5 Å². The van der Waals surface area contributed by atoms with Crippen LogP contribution in [-0.2, 0) is 16.0 Å². The highest BCUT2D eigenvalue weighted by Gasteiger charge is 2.60. The number of aliphatic hydroxyl groups excluding tert-OH is 1. The fourth-order valence-corrected chi connectivity index (χ4v) is 9.85. The Morgan fingerprint density at radius 1 is 1.11 bits per heavy atom. The Labute approximate surface area is 221 Å². The van der Waals surface area contributed by atoms with Gasteiger partial charge in [0.15, 0.2) is 0 Å². The summed E-state index contributed by atoms with van der Waals surface area (Å²) in [6, 6.07) is -0.940. The third-order valence-electron chi connectivity index (χ3n) is 11.8. The molecule has 0 saturated heterocycles. The van der Waals surface area contributed by atoms with Gasteiger partial charge in [-0.3, -0.25) is 4.79 Å². The van der Waals surface area contributed by atoms with Crippen molar-refractivity contribution >= 4 is 11.9 Å². The van der Waals surface area contributed by atoms with E-state index in [4.69, 9.17) is 0 Å². The first-order valence-corrected chi connectivity index (χ1v) is 14.8. The third-order valence-corrected chi connectivity index (χ3v) is 11.8. The van der Waals surface area contributed by atoms with Crippen molar-refractivity contribution in [1.29, 1.82) is 0 Å². The lowest BCUT2D eigenvalue weighted by molar-refractivity contribution is -0.141. The average Bonchev–Trinajstić information content (AvgIpc) is 3.49. The van der Waals surface area contributed by atoms with Gasteiger partial charge in [0.05, 0.1) is 12.4 Å². The molecular formula is C30H47N3O4. The Kier molecular flexibility index (Phi) is 7.47. The SMILES string of the molecule is CC(CCC(=O)NC(Cc1cnc[nH]1)C(=O)O)[C@H]1CC[C@H]2[C@@H]3CC[C@@H]4C[C@H](O)CC[C@]4(C)[C@H]3CC[C@]12C. The molecule has 0 bridgehead atoms. The molecule has 4 saturated carbocycles. The van der Waals surface area contributed by atoms with Crippen molar-refractivity contribution in [2.75, 3.05) is 0 Å². The molecule has 0 aliphatic heterocycles. The fourth-order valence-electron chi connectivity index (χ4n) is 9.85. The molecule has 5 rings (SSSR count). The molecule has 0 aromatic carbocycles. The third kappa shape index (κ3) is 4.97. The van der Waals surface area contributed by atoms with E-state index >= 15 is 0 Å². The number of carbonyl (C=O) groups is 2. The average molecular weight is 514 g/mol. The van der Waals surface area contributed by atoms with Crippen LogP contribution in [0.3, 0.4) is 0 Å². The molecule has 7 heteroatoms. The van der Waals surface area contributed by atoms with Gasteiger partial charge in [0.2, 0.25) is 5.91 Å². The van der Waals surface area contributed by atoms with Gasteiger partial charge >= 0.3 is 5.97 Å². The number of carbonyl (C=O) groups excluding carboxylic acids is 1. The Morgan fingerprint density at radius 3 is 2.59 bits per heavy atom. The Balaban J connectivity index is 1.18. The number of aliphatic carboxylic acids is 1. The molecule has 4 fully saturated rings. The molecule has 1 aromatic rings. The lowest BCUT2D eigenvalue weighted by Crippen LogP contribution is -2.54. The smallest absolute Gasteiger partial charge is 0.326 e. The zero-order chi connectivity index (χ0) is 26.4. The van der Waals surface area contributed by atoms with Gasteiger partial charge in [-0.15, -0.1) is 0 Å². The molecule has 4 N–H and O–H groups in total. The number of aliphatic hydroxyl groups is 1. The largest absolute Gasteiger partial charge is 0.480 e. The molecule has 4 aliphatic rings. The summed E-state index contributed by atoms with van der Waals surface area (Å²) in [5.74, 6) is 2.98. The minimum Gasteiger partial charge on any atom is -0.480 e. The van der Waals surface area contributed by atoms with Gasteiger partial charge in [0.1, 0.15) is 6.04 Å². The Morgan fingerprint density at radius 2 is 1.86 bits per heavy atom. The maximum atomic E-state index is 12.7. The van der Waals surface area contributed by atoms with Crippen LogP contribution in [0.2, 0.25) is 0 Å². The van der Waals surface area contributed by atoms with Crippen LogP contribution in [0, 0.1) is 46.3 Å². The van der Waals surface area contributed by atoms with E-state index in [1.165, 1.54) is 51.3 Å². The van der Waals surface area contributed by atoms with E-state index in [0.29, 0.717) is 40.7 Å². The highest BCUT2D eigenvalue weighted by Crippen LogP contribution is 2.68. The highest BCUT2D eigenvalue weighted by molar-refractivity contribution is 5.83. The number of nitrogens with zero attached hydrogens (tertiary/aromatic N) is 1. The second-order valence-electron chi connectivity index (χ2n) is 13.6. The van der Waals surface area contributed by atoms with Crippen LogP contribution in [-0.4, -0.2) is 44.2 Å². The van der Waals surface area contributed by atoms with E-state index in [-0.39, 0.29) is 18.4 Å². The number of nitrogens with one attached hydrogen (secondary N) is 2. The van der Waals surface area contributed by atoms with Crippen molar-refractivity contribution in [3.05, 3.63) is 18.2 Å². The number of hydrogen-bond acceptors (Lipinski definition) is 4. The molecule has 1 heterocycles. The maximum absolute atomic E-state index is 12.7. The number of fused-ring (bicyclic) bond motifs is 5. The number of carboxylic acid groups (broad SMARTS) is 1. The number of aromatic amines is 1. The standard InChI is InChI=1S/C30H47N3O4/c1-18(4-9-27(35)33-26(28(36)37)15-20-16-31-17-32-20)23-7-8-24-22-6-5-19-14-21(34)10-12-29(19,2)25(22)11-13-30(23,24)3/h16-19,21-26,34H,4-15H2,1-3H3,(H,31,32)(H,33,35)(H,36,37)/t18?,19-,21-,22+,23-,24+,25+,26?,29+,30-/m1/s1. The lowest BCUT2D eigenvalue weighted by atomic mass is 9.44. The summed E-state index contributed by atoms with van der Waals surface area (Å²) in [6.07, 6.45) is 15.4. The first-order chi connectivity index (χ1) is 17.6. The molecule has 0 radical (unpaired) electrons. The molecule has 4 aliphatic carbocycles. The number of H-pyrrole nitrogens is 1. The van der Waals surface area contributed by atoms with Crippen molar-refractivity contribution in [1.82, 2.24) is 15.3 Å². The molecule has 37 heavy (non-hydrogen) atoms. The zero-order valence-electron chi connectivity index (χ0n) is 22.9. The van der Waals surface area contributed by atoms with E-state index < -0.39 is 12.0 Å². The molecular weight excluding hydrogens is 466 g/mol. The predicted octanol–water partition coefficient (Wildman–Crippen LogP) is 4.96. The number of rotatable bonds is 8. The summed E-state index contributed by atoms with van der Waals surface area (Å²) in [5, 5.41) is 22.6. The molecule has 7 nitrogen and oxygen atoms in total. The van der Waals surface area contributed by atoms with Crippen molar-refractivity contribution in [2.24, 2.45) is 46.3 Å². The zero-order valence-corrected chi connectivity index (χ0v) is 22.9. The van der Waals surface area contributed by atoms with E-state index in [9.17, 15) is 19.8 Å². The summed E-state index contributed by atoms with van der Waals surface area (Å²) in [6.45, 7) is 7.41. The summed E-state index contributed by atoms with van der Waals surface area (Å²) >= 11 is 0. The molecule has 0 spiro atoms. The first-order valence-electron chi connectivity index (χ1n) is 14.8. The number of amides is 1. The minimum atomic E-state index is -1.02. The van der Waals surface area contributed by atoms with Gasteiger partial charge in [-0.2, -0.15) is 0 Å². The highest BCUT2D eigenvalue weighted by atomic mass is 16.4. The quantitative estimate of drug-likeness (QED) is 0.392. The van der Waals surface area contributed by atoms with Gasteiger partial charge in [-0.05, 0) is 111 Å². The first kappa shape index (κ1) is 26.7. The van der Waals surface area contributed by atoms with Crippen LogP contribution in [0.5, 0.6) is 0 Å². The molecule has 2 unspecified atom stereocenters. The van der Waals surface area contributed by atoms with Crippen LogP contribution in [0.15, 0.2) is 12.5 Å². The maximum Gasteiger partial charge on any atom is 0.326 e. The normalized spacial score (nSPS) is 40.6. The topological polar surface area (TPSA) is 115 Å². The molecule has 10 atom stereocenters. The number of aromatic nitrogens is 2. The Hall–Kier alpha value is -1.89. The molecule has 1 aromatic heterocycles. The predicted molar refractivity (Wildman–Crippen MR) is 141 cm³/mol. The van der Waals surface area contributed by atoms with Crippen LogP contribution in [0.4, 0.5) is 0 Å². The van der Waals surface area contributed by atoms with Crippen LogP contribution in [0.25, 0.3) is 0 Å². The van der Waals surface area contributed by atoms with E-state index in [2.05, 4.69) is 36.1 Å². The number of hydrogen-bond donors (Lipinski definition) is 4. The summed E-state index contributed by atoms with van der Waals surface area (Å²) in [4.78, 5) is 31.3. The van der Waals surface area contributed by atoms with Gasteiger partial charge in [-0.1, -0.05) is 20.8 Å². The van der Waals surface area contributed by atoms with Crippen molar-refractivity contribution in [3.8, 4) is 0 Å². The summed E-state index contributed by atoms with van der Waals surface area (Å²) < 4.78 is 0. The van der Waals surface area contributed by atoms with Gasteiger partial charge in [0, 0.05) is 24.7 Å². The fraction of sp³-hybridized carbons (Fsp3) is 0.833.